The molecule has 0 aliphatic rings. The standard InChI is InChI=1S/C16H16N2S/c17-18-16(11-13-7-4-10-19-13)15-9-3-6-12-5-1-2-8-14(12)15/h1-10,16,18H,11,17H2. The van der Waals surface area contributed by atoms with Crippen LogP contribution in [0.5, 0.6) is 0 Å². The molecule has 0 aliphatic heterocycles. The summed E-state index contributed by atoms with van der Waals surface area (Å²) in [7, 11) is 0. The van der Waals surface area contributed by atoms with Crippen LogP contribution in [0.2, 0.25) is 0 Å². The fourth-order valence-corrected chi connectivity index (χ4v) is 3.19. The number of nitrogens with two attached hydrogens (primary N) is 1. The third kappa shape index (κ3) is 2.54. The lowest BCUT2D eigenvalue weighted by atomic mass is 9.97. The Kier molecular flexibility index (Phi) is 3.60. The smallest absolute Gasteiger partial charge is 0.0514 e. The molecule has 3 N–H and O–H groups in total. The maximum atomic E-state index is 5.77. The lowest BCUT2D eigenvalue weighted by molar-refractivity contribution is 0.559. The van der Waals surface area contributed by atoms with Crippen LogP contribution in [-0.4, -0.2) is 0 Å². The van der Waals surface area contributed by atoms with Crippen molar-refractivity contribution in [3.8, 4) is 0 Å². The second-order valence-corrected chi connectivity index (χ2v) is 5.60. The first-order chi connectivity index (χ1) is 9.38. The lowest BCUT2D eigenvalue weighted by Crippen LogP contribution is -2.29. The van der Waals surface area contributed by atoms with Crippen molar-refractivity contribution >= 4 is 22.1 Å². The van der Waals surface area contributed by atoms with E-state index in [1.165, 1.54) is 21.2 Å². The SMILES string of the molecule is NNC(Cc1cccs1)c1cccc2ccccc12. The van der Waals surface area contributed by atoms with Gasteiger partial charge in [-0.3, -0.25) is 11.3 Å². The van der Waals surface area contributed by atoms with E-state index >= 15 is 0 Å². The quantitative estimate of drug-likeness (QED) is 0.560. The van der Waals surface area contributed by atoms with Crippen molar-refractivity contribution in [2.45, 2.75) is 12.5 Å². The molecule has 0 radical (unpaired) electrons. The summed E-state index contributed by atoms with van der Waals surface area (Å²) < 4.78 is 0. The molecule has 0 spiro atoms. The van der Waals surface area contributed by atoms with Crippen LogP contribution in [0.15, 0.2) is 60.0 Å². The number of fused-ring (bicyclic) bond motifs is 1. The third-order valence-electron chi connectivity index (χ3n) is 3.39. The van der Waals surface area contributed by atoms with Gasteiger partial charge in [-0.2, -0.15) is 0 Å². The fourth-order valence-electron chi connectivity index (χ4n) is 2.44. The summed E-state index contributed by atoms with van der Waals surface area (Å²) in [4.78, 5) is 1.34. The van der Waals surface area contributed by atoms with Gasteiger partial charge in [0.25, 0.3) is 0 Å². The number of nitrogens with one attached hydrogen (secondary N) is 1. The molecular weight excluding hydrogens is 252 g/mol. The average molecular weight is 268 g/mol. The van der Waals surface area contributed by atoms with Gasteiger partial charge in [0.2, 0.25) is 0 Å². The normalized spacial score (nSPS) is 12.7. The predicted molar refractivity (Wildman–Crippen MR) is 82.0 cm³/mol. The summed E-state index contributed by atoms with van der Waals surface area (Å²) in [6.07, 6.45) is 0.919. The zero-order valence-electron chi connectivity index (χ0n) is 10.5. The van der Waals surface area contributed by atoms with Gasteiger partial charge in [-0.15, -0.1) is 11.3 Å². The lowest BCUT2D eigenvalue weighted by Gasteiger charge is -2.17. The number of benzene rings is 2. The van der Waals surface area contributed by atoms with Gasteiger partial charge < -0.3 is 0 Å². The zero-order valence-corrected chi connectivity index (χ0v) is 11.4. The first-order valence-electron chi connectivity index (χ1n) is 6.34. The van der Waals surface area contributed by atoms with Crippen molar-refractivity contribution < 1.29 is 0 Å². The minimum atomic E-state index is 0.143. The van der Waals surface area contributed by atoms with Gasteiger partial charge in [0, 0.05) is 11.3 Å². The summed E-state index contributed by atoms with van der Waals surface area (Å²) in [6, 6.07) is 19.2. The van der Waals surface area contributed by atoms with Gasteiger partial charge in [-0.1, -0.05) is 48.5 Å². The highest BCUT2D eigenvalue weighted by atomic mass is 32.1. The Hall–Kier alpha value is -1.68. The molecule has 1 atom stereocenters. The maximum Gasteiger partial charge on any atom is 0.0514 e. The molecule has 19 heavy (non-hydrogen) atoms. The summed E-state index contributed by atoms with van der Waals surface area (Å²) >= 11 is 1.77. The van der Waals surface area contributed by atoms with E-state index in [9.17, 15) is 0 Å². The molecule has 2 nitrogen and oxygen atoms in total. The Morgan fingerprint density at radius 3 is 2.63 bits per heavy atom. The van der Waals surface area contributed by atoms with Crippen molar-refractivity contribution in [3.63, 3.8) is 0 Å². The number of thiophene rings is 1. The summed E-state index contributed by atoms with van der Waals surface area (Å²) in [5, 5.41) is 4.63. The second kappa shape index (κ2) is 5.53. The molecule has 3 aromatic rings. The van der Waals surface area contributed by atoms with Gasteiger partial charge in [0.15, 0.2) is 0 Å². The Morgan fingerprint density at radius 2 is 1.84 bits per heavy atom. The minimum absolute atomic E-state index is 0.143. The van der Waals surface area contributed by atoms with Crippen LogP contribution in [0, 0.1) is 0 Å². The van der Waals surface area contributed by atoms with Crippen molar-refractivity contribution in [2.75, 3.05) is 0 Å². The average Bonchev–Trinajstić information content (AvgIpc) is 2.97. The molecular formula is C16H16N2S. The molecule has 1 aromatic heterocycles. The maximum absolute atomic E-state index is 5.77. The van der Waals surface area contributed by atoms with Crippen LogP contribution < -0.4 is 11.3 Å². The molecule has 0 fully saturated rings. The van der Waals surface area contributed by atoms with Crippen LogP contribution in [0.3, 0.4) is 0 Å². The largest absolute Gasteiger partial charge is 0.271 e. The predicted octanol–water partition coefficient (Wildman–Crippen LogP) is 3.65. The van der Waals surface area contributed by atoms with Crippen molar-refractivity contribution in [1.82, 2.24) is 5.43 Å². The van der Waals surface area contributed by atoms with E-state index < -0.39 is 0 Å². The highest BCUT2D eigenvalue weighted by Gasteiger charge is 2.13. The minimum Gasteiger partial charge on any atom is -0.271 e. The molecule has 0 amide bonds. The molecule has 96 valence electrons. The number of hydrogen-bond acceptors (Lipinski definition) is 3. The van der Waals surface area contributed by atoms with E-state index in [1.54, 1.807) is 11.3 Å². The summed E-state index contributed by atoms with van der Waals surface area (Å²) in [5.74, 6) is 5.77. The number of hydrazine groups is 1. The third-order valence-corrected chi connectivity index (χ3v) is 4.28. The fraction of sp³-hybridized carbons (Fsp3) is 0.125. The van der Waals surface area contributed by atoms with Gasteiger partial charge in [0.1, 0.15) is 0 Å². The van der Waals surface area contributed by atoms with Crippen LogP contribution in [0.1, 0.15) is 16.5 Å². The topological polar surface area (TPSA) is 38.0 Å². The van der Waals surface area contributed by atoms with Gasteiger partial charge in [-0.05, 0) is 27.8 Å². The van der Waals surface area contributed by atoms with Crippen molar-refractivity contribution in [3.05, 3.63) is 70.4 Å². The van der Waals surface area contributed by atoms with Crippen LogP contribution in [0.25, 0.3) is 10.8 Å². The van der Waals surface area contributed by atoms with E-state index in [1.807, 2.05) is 0 Å². The van der Waals surface area contributed by atoms with Crippen molar-refractivity contribution in [1.29, 1.82) is 0 Å². The highest BCUT2D eigenvalue weighted by molar-refractivity contribution is 7.09. The highest BCUT2D eigenvalue weighted by Crippen LogP contribution is 2.27. The van der Waals surface area contributed by atoms with Crippen LogP contribution >= 0.6 is 11.3 Å². The number of rotatable bonds is 4. The first-order valence-corrected chi connectivity index (χ1v) is 7.22. The molecule has 1 unspecified atom stereocenters. The van der Waals surface area contributed by atoms with Gasteiger partial charge in [0.05, 0.1) is 6.04 Å². The molecule has 0 bridgehead atoms. The molecule has 1 heterocycles. The van der Waals surface area contributed by atoms with Crippen LogP contribution in [-0.2, 0) is 6.42 Å². The Morgan fingerprint density at radius 1 is 1.00 bits per heavy atom. The van der Waals surface area contributed by atoms with Crippen molar-refractivity contribution in [2.24, 2.45) is 5.84 Å². The molecule has 0 saturated heterocycles. The monoisotopic (exact) mass is 268 g/mol. The first kappa shape index (κ1) is 12.4. The Balaban J connectivity index is 2.01. The van der Waals surface area contributed by atoms with E-state index in [2.05, 4.69) is 65.4 Å². The van der Waals surface area contributed by atoms with E-state index in [4.69, 9.17) is 5.84 Å². The molecule has 0 saturated carbocycles. The Labute approximate surface area is 116 Å². The van der Waals surface area contributed by atoms with Gasteiger partial charge >= 0.3 is 0 Å². The van der Waals surface area contributed by atoms with Crippen LogP contribution in [0.4, 0.5) is 0 Å². The summed E-state index contributed by atoms with van der Waals surface area (Å²) in [5.41, 5.74) is 4.21. The van der Waals surface area contributed by atoms with E-state index in [0.717, 1.165) is 6.42 Å². The molecule has 2 aromatic carbocycles. The number of hydrogen-bond donors (Lipinski definition) is 2. The second-order valence-electron chi connectivity index (χ2n) is 4.57. The molecule has 0 aliphatic carbocycles. The van der Waals surface area contributed by atoms with Gasteiger partial charge in [-0.25, -0.2) is 0 Å². The Bertz CT molecular complexity index is 656. The molecule has 3 heteroatoms. The summed E-state index contributed by atoms with van der Waals surface area (Å²) in [6.45, 7) is 0. The molecule has 3 rings (SSSR count). The zero-order chi connectivity index (χ0) is 13.1. The van der Waals surface area contributed by atoms with E-state index in [0.29, 0.717) is 0 Å². The van der Waals surface area contributed by atoms with E-state index in [-0.39, 0.29) is 6.04 Å².